The maximum Gasteiger partial charge on any atom is 0.243 e. The lowest BCUT2D eigenvalue weighted by Crippen LogP contribution is -2.52. The van der Waals surface area contributed by atoms with Crippen LogP contribution in [0.3, 0.4) is 0 Å². The topological polar surface area (TPSA) is 82.1 Å². The molecule has 1 fully saturated rings. The van der Waals surface area contributed by atoms with Crippen LogP contribution in [-0.4, -0.2) is 51.4 Å². The molecule has 0 unspecified atom stereocenters. The fraction of sp³-hybridized carbons (Fsp3) is 0.409. The summed E-state index contributed by atoms with van der Waals surface area (Å²) >= 11 is 0. The molecule has 0 atom stereocenters. The van der Waals surface area contributed by atoms with Crippen LogP contribution in [0.25, 0.3) is 0 Å². The molecule has 30 heavy (non-hydrogen) atoms. The zero-order valence-corrected chi connectivity index (χ0v) is 18.1. The first-order valence-corrected chi connectivity index (χ1v) is 11.3. The Hall–Kier alpha value is -2.58. The van der Waals surface area contributed by atoms with E-state index in [1.807, 2.05) is 6.92 Å². The molecule has 1 saturated heterocycles. The Morgan fingerprint density at radius 1 is 1.03 bits per heavy atom. The SMILES string of the molecule is COc1ccc2c(c1)OC1(CCN(S(=O)(=O)c3ccc(OC)c(C)c3)CC1)CC2=O. The Morgan fingerprint density at radius 3 is 2.40 bits per heavy atom. The van der Waals surface area contributed by atoms with Crippen molar-refractivity contribution < 1.29 is 27.4 Å². The molecule has 2 aliphatic rings. The Morgan fingerprint density at radius 2 is 1.77 bits per heavy atom. The van der Waals surface area contributed by atoms with E-state index in [0.29, 0.717) is 48.7 Å². The molecule has 7 nitrogen and oxygen atoms in total. The molecule has 0 aromatic heterocycles. The zero-order valence-electron chi connectivity index (χ0n) is 17.3. The van der Waals surface area contributed by atoms with E-state index >= 15 is 0 Å². The highest BCUT2D eigenvalue weighted by Gasteiger charge is 2.45. The van der Waals surface area contributed by atoms with Crippen molar-refractivity contribution in [2.75, 3.05) is 27.3 Å². The predicted octanol–water partition coefficient (Wildman–Crippen LogP) is 3.20. The molecule has 2 aromatic rings. The zero-order chi connectivity index (χ0) is 21.5. The number of sulfonamides is 1. The van der Waals surface area contributed by atoms with Gasteiger partial charge in [-0.15, -0.1) is 0 Å². The minimum atomic E-state index is -3.63. The molecule has 0 aliphatic carbocycles. The van der Waals surface area contributed by atoms with Gasteiger partial charge >= 0.3 is 0 Å². The van der Waals surface area contributed by atoms with Crippen molar-refractivity contribution >= 4 is 15.8 Å². The van der Waals surface area contributed by atoms with Gasteiger partial charge in [0.25, 0.3) is 0 Å². The minimum absolute atomic E-state index is 0.0148. The van der Waals surface area contributed by atoms with Crippen molar-refractivity contribution in [3.05, 3.63) is 47.5 Å². The molecule has 1 spiro atoms. The molecule has 4 rings (SSSR count). The Kier molecular flexibility index (Phi) is 5.23. The van der Waals surface area contributed by atoms with Crippen LogP contribution in [0, 0.1) is 6.92 Å². The van der Waals surface area contributed by atoms with Gasteiger partial charge in [0, 0.05) is 32.0 Å². The lowest BCUT2D eigenvalue weighted by molar-refractivity contribution is 0.00577. The van der Waals surface area contributed by atoms with Gasteiger partial charge < -0.3 is 14.2 Å². The van der Waals surface area contributed by atoms with Crippen LogP contribution in [0.4, 0.5) is 0 Å². The third-order valence-corrected chi connectivity index (χ3v) is 7.83. The molecule has 160 valence electrons. The Labute approximate surface area is 176 Å². The van der Waals surface area contributed by atoms with Crippen LogP contribution in [0.1, 0.15) is 35.2 Å². The number of ether oxygens (including phenoxy) is 3. The molecule has 2 heterocycles. The van der Waals surface area contributed by atoms with Gasteiger partial charge in [0.05, 0.1) is 31.1 Å². The van der Waals surface area contributed by atoms with E-state index in [4.69, 9.17) is 14.2 Å². The first kappa shape index (κ1) is 20.7. The summed E-state index contributed by atoms with van der Waals surface area (Å²) in [7, 11) is -0.515. The number of hydrogen-bond donors (Lipinski definition) is 0. The van der Waals surface area contributed by atoms with Crippen molar-refractivity contribution in [1.82, 2.24) is 4.31 Å². The first-order chi connectivity index (χ1) is 14.3. The molecular weight excluding hydrogens is 406 g/mol. The molecule has 0 saturated carbocycles. The predicted molar refractivity (Wildman–Crippen MR) is 111 cm³/mol. The van der Waals surface area contributed by atoms with Gasteiger partial charge in [-0.1, -0.05) is 0 Å². The van der Waals surface area contributed by atoms with E-state index in [1.165, 1.54) is 4.31 Å². The van der Waals surface area contributed by atoms with Gasteiger partial charge in [-0.25, -0.2) is 8.42 Å². The summed E-state index contributed by atoms with van der Waals surface area (Å²) in [6, 6.07) is 10.0. The molecule has 0 N–H and O–H groups in total. The van der Waals surface area contributed by atoms with Crippen molar-refractivity contribution in [2.45, 2.75) is 36.7 Å². The highest BCUT2D eigenvalue weighted by Crippen LogP contribution is 2.41. The van der Waals surface area contributed by atoms with Gasteiger partial charge in [0.1, 0.15) is 22.8 Å². The second-order valence-corrected chi connectivity index (χ2v) is 9.72. The highest BCUT2D eigenvalue weighted by molar-refractivity contribution is 7.89. The quantitative estimate of drug-likeness (QED) is 0.739. The van der Waals surface area contributed by atoms with Crippen LogP contribution in [0.5, 0.6) is 17.2 Å². The normalized spacial score (nSPS) is 18.6. The third kappa shape index (κ3) is 3.54. The third-order valence-electron chi connectivity index (χ3n) is 5.94. The van der Waals surface area contributed by atoms with Crippen molar-refractivity contribution in [2.24, 2.45) is 0 Å². The maximum atomic E-state index is 13.1. The number of rotatable bonds is 4. The minimum Gasteiger partial charge on any atom is -0.497 e. The number of methoxy groups -OCH3 is 2. The summed E-state index contributed by atoms with van der Waals surface area (Å²) in [5, 5.41) is 0. The van der Waals surface area contributed by atoms with Gasteiger partial charge in [0.15, 0.2) is 5.78 Å². The lowest BCUT2D eigenvalue weighted by Gasteiger charge is -2.43. The first-order valence-electron chi connectivity index (χ1n) is 9.83. The molecule has 0 bridgehead atoms. The number of Topliss-reactive ketones (excluding diaryl/α,β-unsaturated/α-hetero) is 1. The number of carbonyl (C=O) groups excluding carboxylic acids is 1. The average Bonchev–Trinajstić information content (AvgIpc) is 2.73. The number of hydrogen-bond acceptors (Lipinski definition) is 6. The van der Waals surface area contributed by atoms with E-state index < -0.39 is 15.6 Å². The summed E-state index contributed by atoms with van der Waals surface area (Å²) in [6.45, 7) is 2.40. The second-order valence-electron chi connectivity index (χ2n) is 7.78. The fourth-order valence-corrected chi connectivity index (χ4v) is 5.70. The van der Waals surface area contributed by atoms with E-state index in [2.05, 4.69) is 0 Å². The summed E-state index contributed by atoms with van der Waals surface area (Å²) in [6.07, 6.45) is 1.15. The maximum absolute atomic E-state index is 13.1. The van der Waals surface area contributed by atoms with Crippen molar-refractivity contribution in [3.63, 3.8) is 0 Å². The molecule has 2 aliphatic heterocycles. The lowest BCUT2D eigenvalue weighted by atomic mass is 9.83. The average molecular weight is 432 g/mol. The van der Waals surface area contributed by atoms with Crippen molar-refractivity contribution in [3.8, 4) is 17.2 Å². The molecule has 2 aromatic carbocycles. The molecule has 0 amide bonds. The molecule has 8 heteroatoms. The van der Waals surface area contributed by atoms with Crippen molar-refractivity contribution in [1.29, 1.82) is 0 Å². The summed E-state index contributed by atoms with van der Waals surface area (Å²) < 4.78 is 44.4. The van der Waals surface area contributed by atoms with Crippen LogP contribution in [0.15, 0.2) is 41.3 Å². The summed E-state index contributed by atoms with van der Waals surface area (Å²) in [4.78, 5) is 12.9. The number of fused-ring (bicyclic) bond motifs is 1. The summed E-state index contributed by atoms with van der Waals surface area (Å²) in [5.74, 6) is 1.79. The Bertz CT molecular complexity index is 1090. The van der Waals surface area contributed by atoms with Gasteiger partial charge in [0.2, 0.25) is 10.0 Å². The van der Waals surface area contributed by atoms with Crippen LogP contribution in [-0.2, 0) is 10.0 Å². The van der Waals surface area contributed by atoms with Crippen LogP contribution >= 0.6 is 0 Å². The number of nitrogens with zero attached hydrogens (tertiary/aromatic N) is 1. The van der Waals surface area contributed by atoms with Crippen LogP contribution < -0.4 is 14.2 Å². The largest absolute Gasteiger partial charge is 0.497 e. The highest BCUT2D eigenvalue weighted by atomic mass is 32.2. The smallest absolute Gasteiger partial charge is 0.243 e. The number of piperidine rings is 1. The van der Waals surface area contributed by atoms with E-state index in [-0.39, 0.29) is 17.1 Å². The molecular formula is C22H25NO6S. The number of carbonyl (C=O) groups is 1. The van der Waals surface area contributed by atoms with E-state index in [0.717, 1.165) is 5.56 Å². The molecule has 0 radical (unpaired) electrons. The van der Waals surface area contributed by atoms with Gasteiger partial charge in [-0.05, 0) is 42.8 Å². The standard InChI is InChI=1S/C22H25NO6S/c1-15-12-17(5-7-20(15)28-3)30(25,26)23-10-8-22(9-11-23)14-19(24)18-6-4-16(27-2)13-21(18)29-22/h4-7,12-13H,8-11,14H2,1-3H3. The monoisotopic (exact) mass is 431 g/mol. The van der Waals surface area contributed by atoms with Gasteiger partial charge in [-0.3, -0.25) is 4.79 Å². The van der Waals surface area contributed by atoms with Gasteiger partial charge in [-0.2, -0.15) is 4.31 Å². The van der Waals surface area contributed by atoms with Crippen LogP contribution in [0.2, 0.25) is 0 Å². The summed E-state index contributed by atoms with van der Waals surface area (Å²) in [5.41, 5.74) is 0.627. The second kappa shape index (κ2) is 7.59. The number of aryl methyl sites for hydroxylation is 1. The number of benzene rings is 2. The Balaban J connectivity index is 1.53. The van der Waals surface area contributed by atoms with E-state index in [1.54, 1.807) is 50.6 Å². The fourth-order valence-electron chi connectivity index (χ4n) is 4.17. The number of ketones is 1. The van der Waals surface area contributed by atoms with E-state index in [9.17, 15) is 13.2 Å².